The number of aromatic nitrogens is 2. The van der Waals surface area contributed by atoms with E-state index in [4.69, 9.17) is 0 Å². The zero-order chi connectivity index (χ0) is 29.7. The van der Waals surface area contributed by atoms with Crippen LogP contribution in [0.3, 0.4) is 0 Å². The highest BCUT2D eigenvalue weighted by molar-refractivity contribution is 6.33. The monoisotopic (exact) mass is 580 g/mol. The summed E-state index contributed by atoms with van der Waals surface area (Å²) in [6.07, 6.45) is -8.37. The van der Waals surface area contributed by atoms with Gasteiger partial charge in [-0.05, 0) is 79.8 Å². The number of nitrogens with zero attached hydrogens (tertiary/aromatic N) is 2. The van der Waals surface area contributed by atoms with Crippen LogP contribution in [-0.4, -0.2) is 9.55 Å². The van der Waals surface area contributed by atoms with Crippen molar-refractivity contribution in [2.24, 2.45) is 0 Å². The Labute approximate surface area is 239 Å². The van der Waals surface area contributed by atoms with E-state index in [0.29, 0.717) is 21.9 Å². The van der Waals surface area contributed by atoms with E-state index < -0.39 is 23.5 Å². The molecule has 2 nitrogen and oxygen atoms in total. The molecule has 0 unspecified atom stereocenters. The van der Waals surface area contributed by atoms with E-state index in [1.807, 2.05) is 60.7 Å². The number of hydrogen-bond donors (Lipinski definition) is 0. The molecule has 0 saturated heterocycles. The van der Waals surface area contributed by atoms with Gasteiger partial charge >= 0.3 is 12.4 Å². The van der Waals surface area contributed by atoms with Crippen LogP contribution in [0.1, 0.15) is 11.1 Å². The fourth-order valence-electron chi connectivity index (χ4n) is 6.40. The summed E-state index contributed by atoms with van der Waals surface area (Å²) >= 11 is 0. The first kappa shape index (κ1) is 25.6. The van der Waals surface area contributed by atoms with Crippen molar-refractivity contribution in [3.05, 3.63) is 120 Å². The SMILES string of the molecule is FC(F)(F)c1cc(-n2c3cccnc3c3c4ccc5ccc(-c6ccccc6)c6ccc(cc32)c4c56)cc(C(F)(F)F)c1. The Balaban J connectivity index is 1.52. The molecule has 0 aliphatic rings. The van der Waals surface area contributed by atoms with E-state index in [1.54, 1.807) is 18.3 Å². The van der Waals surface area contributed by atoms with Crippen LogP contribution in [0.25, 0.3) is 71.1 Å². The summed E-state index contributed by atoms with van der Waals surface area (Å²) in [6.45, 7) is 0. The molecule has 8 heteroatoms. The summed E-state index contributed by atoms with van der Waals surface area (Å²) in [4.78, 5) is 4.58. The minimum atomic E-state index is -4.97. The predicted molar refractivity (Wildman–Crippen MR) is 158 cm³/mol. The average molecular weight is 581 g/mol. The highest BCUT2D eigenvalue weighted by atomic mass is 19.4. The lowest BCUT2D eigenvalue weighted by Gasteiger charge is -2.17. The number of fused-ring (bicyclic) bond motifs is 4. The Morgan fingerprint density at radius 1 is 0.535 bits per heavy atom. The normalized spacial score (nSPS) is 12.9. The Hall–Kier alpha value is -5.11. The van der Waals surface area contributed by atoms with E-state index in [1.165, 1.54) is 4.57 Å². The molecule has 2 aromatic heterocycles. The van der Waals surface area contributed by atoms with Crippen molar-refractivity contribution in [2.75, 3.05) is 0 Å². The van der Waals surface area contributed by atoms with Crippen molar-refractivity contribution >= 4 is 54.3 Å². The van der Waals surface area contributed by atoms with Gasteiger partial charge in [-0.2, -0.15) is 26.3 Å². The summed E-state index contributed by atoms with van der Waals surface area (Å²) in [5.74, 6) is 0. The second-order valence-electron chi connectivity index (χ2n) is 10.6. The molecule has 8 aromatic rings. The molecule has 2 heterocycles. The highest BCUT2D eigenvalue weighted by Crippen LogP contribution is 2.45. The molecular weight excluding hydrogens is 562 g/mol. The minimum Gasteiger partial charge on any atom is -0.308 e. The van der Waals surface area contributed by atoms with Gasteiger partial charge < -0.3 is 4.57 Å². The van der Waals surface area contributed by atoms with Gasteiger partial charge in [0.05, 0.1) is 27.7 Å². The second-order valence-corrected chi connectivity index (χ2v) is 10.6. The van der Waals surface area contributed by atoms with Crippen molar-refractivity contribution in [1.82, 2.24) is 9.55 Å². The van der Waals surface area contributed by atoms with Gasteiger partial charge in [0.25, 0.3) is 0 Å². The number of halogens is 6. The first-order chi connectivity index (χ1) is 20.6. The van der Waals surface area contributed by atoms with Crippen LogP contribution in [0.4, 0.5) is 26.3 Å². The summed E-state index contributed by atoms with van der Waals surface area (Å²) < 4.78 is 84.5. The van der Waals surface area contributed by atoms with Crippen LogP contribution in [0.2, 0.25) is 0 Å². The van der Waals surface area contributed by atoms with Crippen LogP contribution in [0.15, 0.2) is 109 Å². The number of pyridine rings is 1. The molecule has 0 aliphatic carbocycles. The van der Waals surface area contributed by atoms with Crippen molar-refractivity contribution in [3.63, 3.8) is 0 Å². The molecule has 0 radical (unpaired) electrons. The van der Waals surface area contributed by atoms with Crippen LogP contribution in [-0.2, 0) is 12.4 Å². The molecule has 0 bridgehead atoms. The maximum Gasteiger partial charge on any atom is 0.416 e. The minimum absolute atomic E-state index is 0.148. The zero-order valence-corrected chi connectivity index (χ0v) is 22.1. The molecule has 6 aromatic carbocycles. The van der Waals surface area contributed by atoms with Gasteiger partial charge in [0.1, 0.15) is 0 Å². The van der Waals surface area contributed by atoms with E-state index >= 15 is 0 Å². The molecule has 0 saturated carbocycles. The summed E-state index contributed by atoms with van der Waals surface area (Å²) in [5, 5.41) is 6.37. The summed E-state index contributed by atoms with van der Waals surface area (Å²) in [7, 11) is 0. The van der Waals surface area contributed by atoms with Gasteiger partial charge in [-0.15, -0.1) is 0 Å². The van der Waals surface area contributed by atoms with Gasteiger partial charge in [-0.1, -0.05) is 66.7 Å². The molecule has 43 heavy (non-hydrogen) atoms. The highest BCUT2D eigenvalue weighted by Gasteiger charge is 2.37. The lowest BCUT2D eigenvalue weighted by Crippen LogP contribution is -2.12. The maximum atomic E-state index is 13.8. The Bertz CT molecular complexity index is 2330. The van der Waals surface area contributed by atoms with Gasteiger partial charge in [0.15, 0.2) is 0 Å². The van der Waals surface area contributed by atoms with E-state index in [9.17, 15) is 26.3 Å². The lowest BCUT2D eigenvalue weighted by molar-refractivity contribution is -0.143. The molecule has 8 rings (SSSR count). The van der Waals surface area contributed by atoms with E-state index in [2.05, 4.69) is 17.1 Å². The van der Waals surface area contributed by atoms with Crippen LogP contribution >= 0.6 is 0 Å². The van der Waals surface area contributed by atoms with Crippen LogP contribution in [0.5, 0.6) is 0 Å². The third-order valence-corrected chi connectivity index (χ3v) is 8.18. The molecule has 0 atom stereocenters. The van der Waals surface area contributed by atoms with Crippen molar-refractivity contribution < 1.29 is 26.3 Å². The number of benzene rings is 6. The van der Waals surface area contributed by atoms with Crippen molar-refractivity contribution in [2.45, 2.75) is 12.4 Å². The summed E-state index contributed by atoms with van der Waals surface area (Å²) in [6, 6.07) is 28.9. The molecule has 210 valence electrons. The summed E-state index contributed by atoms with van der Waals surface area (Å²) in [5.41, 5.74) is 0.504. The van der Waals surface area contributed by atoms with Crippen LogP contribution in [0, 0.1) is 0 Å². The average Bonchev–Trinajstić information content (AvgIpc) is 3.33. The molecular formula is C35H18F6N2. The molecule has 0 aliphatic heterocycles. The number of rotatable bonds is 2. The number of alkyl halides is 6. The van der Waals surface area contributed by atoms with Crippen molar-refractivity contribution in [1.29, 1.82) is 0 Å². The molecule has 0 amide bonds. The molecule has 0 N–H and O–H groups in total. The first-order valence-corrected chi connectivity index (χ1v) is 13.4. The Morgan fingerprint density at radius 3 is 1.91 bits per heavy atom. The zero-order valence-electron chi connectivity index (χ0n) is 22.1. The topological polar surface area (TPSA) is 17.8 Å². The van der Waals surface area contributed by atoms with Gasteiger partial charge in [0, 0.05) is 17.3 Å². The fourth-order valence-corrected chi connectivity index (χ4v) is 6.40. The smallest absolute Gasteiger partial charge is 0.308 e. The standard InChI is InChI=1S/C35H18F6N2/c36-34(37,38)22-16-23(35(39,40)41)18-24(17-22)43-28-7-4-14-42-33(28)32-27-13-9-20-8-11-25(19-5-2-1-3-6-19)26-12-10-21(15-29(32)43)31(27)30(20)26/h1-18H. The fraction of sp³-hybridized carbons (Fsp3) is 0.0571. The third-order valence-electron chi connectivity index (χ3n) is 8.18. The maximum absolute atomic E-state index is 13.8. The van der Waals surface area contributed by atoms with Gasteiger partial charge in [-0.3, -0.25) is 4.98 Å². The largest absolute Gasteiger partial charge is 0.416 e. The predicted octanol–water partition coefficient (Wildman–Crippen LogP) is 10.8. The number of hydrogen-bond acceptors (Lipinski definition) is 1. The second kappa shape index (κ2) is 8.70. The Kier molecular flexibility index (Phi) is 5.18. The molecule has 0 fully saturated rings. The van der Waals surface area contributed by atoms with Crippen LogP contribution < -0.4 is 0 Å². The Morgan fingerprint density at radius 2 is 1.19 bits per heavy atom. The van der Waals surface area contributed by atoms with Gasteiger partial charge in [0.2, 0.25) is 0 Å². The van der Waals surface area contributed by atoms with E-state index in [0.717, 1.165) is 55.6 Å². The molecule has 0 spiro atoms. The van der Waals surface area contributed by atoms with Gasteiger partial charge in [-0.25, -0.2) is 0 Å². The van der Waals surface area contributed by atoms with Crippen molar-refractivity contribution in [3.8, 4) is 16.8 Å². The van der Waals surface area contributed by atoms with E-state index in [-0.39, 0.29) is 11.8 Å². The third kappa shape index (κ3) is 3.79. The quantitative estimate of drug-likeness (QED) is 0.147. The first-order valence-electron chi connectivity index (χ1n) is 13.4. The lowest BCUT2D eigenvalue weighted by atomic mass is 9.89.